The minimum Gasteiger partial charge on any atom is -0.417 e. The zero-order valence-corrected chi connectivity index (χ0v) is 13.4. The Morgan fingerprint density at radius 3 is 2.80 bits per heavy atom. The molecule has 4 rings (SSSR count). The van der Waals surface area contributed by atoms with Crippen LogP contribution in [0.15, 0.2) is 70.0 Å². The summed E-state index contributed by atoms with van der Waals surface area (Å²) in [5, 5.41) is 4.75. The van der Waals surface area contributed by atoms with Gasteiger partial charge in [0, 0.05) is 11.6 Å². The molecule has 2 heterocycles. The number of fused-ring (bicyclic) bond motifs is 2. The molecule has 122 valence electrons. The monoisotopic (exact) mass is 330 g/mol. The van der Waals surface area contributed by atoms with E-state index in [-0.39, 0.29) is 5.76 Å². The fourth-order valence-electron chi connectivity index (χ4n) is 2.81. The molecule has 0 aliphatic carbocycles. The molecule has 0 radical (unpaired) electrons. The van der Waals surface area contributed by atoms with Crippen LogP contribution in [0.3, 0.4) is 0 Å². The van der Waals surface area contributed by atoms with E-state index < -0.39 is 11.5 Å². The van der Waals surface area contributed by atoms with Gasteiger partial charge in [-0.25, -0.2) is 4.79 Å². The number of carbonyl (C=O) groups excluding carboxylic acids is 1. The van der Waals surface area contributed by atoms with E-state index in [0.717, 1.165) is 16.5 Å². The smallest absolute Gasteiger partial charge is 0.344 e. The van der Waals surface area contributed by atoms with Gasteiger partial charge in [-0.05, 0) is 48.7 Å². The fourth-order valence-corrected chi connectivity index (χ4v) is 2.81. The van der Waals surface area contributed by atoms with Gasteiger partial charge in [0.1, 0.15) is 0 Å². The molecule has 0 atom stereocenters. The Morgan fingerprint density at radius 2 is 1.92 bits per heavy atom. The van der Waals surface area contributed by atoms with Crippen molar-refractivity contribution in [3.05, 3.63) is 82.5 Å². The van der Waals surface area contributed by atoms with E-state index in [1.165, 1.54) is 0 Å². The molecule has 2 aromatic carbocycles. The number of pyridine rings is 1. The number of rotatable bonds is 2. The molecule has 0 spiro atoms. The lowest BCUT2D eigenvalue weighted by molar-refractivity contribution is 0.0993. The lowest BCUT2D eigenvalue weighted by Crippen LogP contribution is -2.15. The second-order valence-corrected chi connectivity index (χ2v) is 5.82. The van der Waals surface area contributed by atoms with Crippen molar-refractivity contribution in [2.24, 2.45) is 0 Å². The van der Waals surface area contributed by atoms with Gasteiger partial charge in [-0.3, -0.25) is 9.78 Å². The van der Waals surface area contributed by atoms with Crippen LogP contribution in [0.4, 0.5) is 5.69 Å². The van der Waals surface area contributed by atoms with Gasteiger partial charge in [0.25, 0.3) is 5.91 Å². The van der Waals surface area contributed by atoms with Gasteiger partial charge >= 0.3 is 5.63 Å². The minimum atomic E-state index is -0.522. The van der Waals surface area contributed by atoms with Crippen molar-refractivity contribution in [3.63, 3.8) is 0 Å². The molecule has 0 saturated heterocycles. The van der Waals surface area contributed by atoms with Crippen molar-refractivity contribution in [2.45, 2.75) is 6.92 Å². The van der Waals surface area contributed by atoms with Crippen LogP contribution in [0.1, 0.15) is 16.1 Å². The molecule has 25 heavy (non-hydrogen) atoms. The van der Waals surface area contributed by atoms with Crippen LogP contribution in [0, 0.1) is 6.92 Å². The Bertz CT molecular complexity index is 1170. The summed E-state index contributed by atoms with van der Waals surface area (Å²) in [4.78, 5) is 29.0. The molecule has 0 fully saturated rings. The van der Waals surface area contributed by atoms with Crippen LogP contribution in [0.2, 0.25) is 0 Å². The molecule has 1 N–H and O–H groups in total. The standard InChI is InChI=1S/C20H14N2O3/c1-12-7-8-13-11-18(25-20(24)15(13)10-12)19(23)22-17-6-2-5-16-14(17)4-3-9-21-16/h2-11H,1H3,(H,22,23). The first-order valence-electron chi connectivity index (χ1n) is 7.81. The third kappa shape index (κ3) is 2.76. The SMILES string of the molecule is Cc1ccc2cc(C(=O)Nc3cccc4ncccc34)oc(=O)c2c1. The number of hydrogen-bond donors (Lipinski definition) is 1. The van der Waals surface area contributed by atoms with Crippen molar-refractivity contribution in [1.82, 2.24) is 4.98 Å². The van der Waals surface area contributed by atoms with Crippen LogP contribution >= 0.6 is 0 Å². The van der Waals surface area contributed by atoms with Crippen molar-refractivity contribution >= 4 is 33.3 Å². The first kappa shape index (κ1) is 15.1. The third-order valence-corrected chi connectivity index (χ3v) is 4.04. The summed E-state index contributed by atoms with van der Waals surface area (Å²) in [5.41, 5.74) is 1.82. The van der Waals surface area contributed by atoms with E-state index in [1.807, 2.05) is 31.2 Å². The molecule has 1 amide bonds. The molecule has 5 heteroatoms. The first-order chi connectivity index (χ1) is 12.1. The maximum Gasteiger partial charge on any atom is 0.344 e. The Morgan fingerprint density at radius 1 is 1.04 bits per heavy atom. The number of nitrogens with zero attached hydrogens (tertiary/aromatic N) is 1. The highest BCUT2D eigenvalue weighted by molar-refractivity contribution is 6.08. The maximum absolute atomic E-state index is 12.6. The molecule has 0 aliphatic rings. The van der Waals surface area contributed by atoms with Crippen LogP contribution < -0.4 is 10.9 Å². The number of anilines is 1. The lowest BCUT2D eigenvalue weighted by Gasteiger charge is -2.08. The Labute approximate surface area is 142 Å². The molecule has 4 aromatic rings. The summed E-state index contributed by atoms with van der Waals surface area (Å²) in [5.74, 6) is -0.502. The first-order valence-corrected chi connectivity index (χ1v) is 7.81. The van der Waals surface area contributed by atoms with Gasteiger partial charge in [-0.15, -0.1) is 0 Å². The average Bonchev–Trinajstić information content (AvgIpc) is 2.62. The number of amides is 1. The summed E-state index contributed by atoms with van der Waals surface area (Å²) in [6.45, 7) is 1.90. The number of benzene rings is 2. The molecule has 2 aromatic heterocycles. The number of nitrogens with one attached hydrogen (secondary N) is 1. The molecule has 5 nitrogen and oxygen atoms in total. The number of aryl methyl sites for hydroxylation is 1. The van der Waals surface area contributed by atoms with Crippen LogP contribution in [0.25, 0.3) is 21.7 Å². The second kappa shape index (κ2) is 5.87. The van der Waals surface area contributed by atoms with E-state index in [9.17, 15) is 9.59 Å². The fraction of sp³-hybridized carbons (Fsp3) is 0.0500. The van der Waals surface area contributed by atoms with Crippen molar-refractivity contribution in [1.29, 1.82) is 0 Å². The van der Waals surface area contributed by atoms with E-state index in [4.69, 9.17) is 4.42 Å². The molecule has 0 unspecified atom stereocenters. The lowest BCUT2D eigenvalue weighted by atomic mass is 10.1. The van der Waals surface area contributed by atoms with Crippen LogP contribution in [-0.2, 0) is 0 Å². The summed E-state index contributed by atoms with van der Waals surface area (Å²) in [6, 6.07) is 16.2. The molecule has 0 bridgehead atoms. The number of hydrogen-bond acceptors (Lipinski definition) is 4. The van der Waals surface area contributed by atoms with Gasteiger partial charge in [0.2, 0.25) is 0 Å². The summed E-state index contributed by atoms with van der Waals surface area (Å²) in [6.07, 6.45) is 1.69. The zero-order valence-electron chi connectivity index (χ0n) is 13.4. The van der Waals surface area contributed by atoms with Gasteiger partial charge in [0.05, 0.1) is 16.6 Å². The normalized spacial score (nSPS) is 10.9. The molecule has 0 saturated carbocycles. The van der Waals surface area contributed by atoms with E-state index >= 15 is 0 Å². The van der Waals surface area contributed by atoms with Gasteiger partial charge in [-0.1, -0.05) is 23.8 Å². The predicted molar refractivity (Wildman–Crippen MR) is 96.9 cm³/mol. The summed E-state index contributed by atoms with van der Waals surface area (Å²) < 4.78 is 5.21. The molecular formula is C20H14N2O3. The molecular weight excluding hydrogens is 316 g/mol. The average molecular weight is 330 g/mol. The van der Waals surface area contributed by atoms with Crippen molar-refractivity contribution in [3.8, 4) is 0 Å². The quantitative estimate of drug-likeness (QED) is 0.605. The van der Waals surface area contributed by atoms with E-state index in [0.29, 0.717) is 16.5 Å². The van der Waals surface area contributed by atoms with Gasteiger partial charge in [-0.2, -0.15) is 0 Å². The minimum absolute atomic E-state index is 0.0257. The van der Waals surface area contributed by atoms with Crippen molar-refractivity contribution in [2.75, 3.05) is 5.32 Å². The molecule has 0 aliphatic heterocycles. The third-order valence-electron chi connectivity index (χ3n) is 4.04. The van der Waals surface area contributed by atoms with Crippen LogP contribution in [-0.4, -0.2) is 10.9 Å². The zero-order chi connectivity index (χ0) is 17.4. The number of carbonyl (C=O) groups is 1. The van der Waals surface area contributed by atoms with Crippen LogP contribution in [0.5, 0.6) is 0 Å². The topological polar surface area (TPSA) is 72.2 Å². The Balaban J connectivity index is 1.75. The van der Waals surface area contributed by atoms with Crippen molar-refractivity contribution < 1.29 is 9.21 Å². The maximum atomic E-state index is 12.6. The predicted octanol–water partition coefficient (Wildman–Crippen LogP) is 3.90. The largest absolute Gasteiger partial charge is 0.417 e. The Hall–Kier alpha value is -3.47. The Kier molecular flexibility index (Phi) is 3.54. The highest BCUT2D eigenvalue weighted by atomic mass is 16.4. The summed E-state index contributed by atoms with van der Waals surface area (Å²) >= 11 is 0. The van der Waals surface area contributed by atoms with Gasteiger partial charge < -0.3 is 9.73 Å². The highest BCUT2D eigenvalue weighted by Crippen LogP contribution is 2.22. The summed E-state index contributed by atoms with van der Waals surface area (Å²) in [7, 11) is 0. The number of aromatic nitrogens is 1. The van der Waals surface area contributed by atoms with Gasteiger partial charge in [0.15, 0.2) is 5.76 Å². The van der Waals surface area contributed by atoms with E-state index in [2.05, 4.69) is 10.3 Å². The second-order valence-electron chi connectivity index (χ2n) is 5.82. The van der Waals surface area contributed by atoms with E-state index in [1.54, 1.807) is 36.5 Å². The highest BCUT2D eigenvalue weighted by Gasteiger charge is 2.14.